The second-order valence-electron chi connectivity index (χ2n) is 4.28. The lowest BCUT2D eigenvalue weighted by Gasteiger charge is -2.01. The quantitative estimate of drug-likeness (QED) is 0.892. The van der Waals surface area contributed by atoms with Crippen molar-refractivity contribution in [3.8, 4) is 11.3 Å². The predicted molar refractivity (Wildman–Crippen MR) is 74.4 cm³/mol. The lowest BCUT2D eigenvalue weighted by Crippen LogP contribution is -2.11. The van der Waals surface area contributed by atoms with Crippen molar-refractivity contribution in [2.24, 2.45) is 0 Å². The van der Waals surface area contributed by atoms with Gasteiger partial charge in [-0.1, -0.05) is 24.1 Å². The SMILES string of the molecule is CCNCc1nc(-c2cc(C)cc(C)c2)cs1. The van der Waals surface area contributed by atoms with Crippen LogP contribution in [0.3, 0.4) is 0 Å². The number of aryl methyl sites for hydroxylation is 2. The summed E-state index contributed by atoms with van der Waals surface area (Å²) < 4.78 is 0. The summed E-state index contributed by atoms with van der Waals surface area (Å²) in [5.41, 5.74) is 4.90. The van der Waals surface area contributed by atoms with Gasteiger partial charge >= 0.3 is 0 Å². The van der Waals surface area contributed by atoms with Crippen molar-refractivity contribution in [1.82, 2.24) is 10.3 Å². The normalized spacial score (nSPS) is 10.8. The average molecular weight is 246 g/mol. The van der Waals surface area contributed by atoms with Gasteiger partial charge in [0.2, 0.25) is 0 Å². The molecule has 2 rings (SSSR count). The number of benzene rings is 1. The Kier molecular flexibility index (Phi) is 3.92. The third-order valence-corrected chi connectivity index (χ3v) is 3.44. The van der Waals surface area contributed by atoms with Gasteiger partial charge in [-0.25, -0.2) is 4.98 Å². The van der Waals surface area contributed by atoms with Crippen molar-refractivity contribution >= 4 is 11.3 Å². The third kappa shape index (κ3) is 3.14. The van der Waals surface area contributed by atoms with Gasteiger partial charge in [0.1, 0.15) is 5.01 Å². The maximum Gasteiger partial charge on any atom is 0.107 e. The Morgan fingerprint density at radius 1 is 1.18 bits per heavy atom. The first-order valence-electron chi connectivity index (χ1n) is 5.93. The Balaban J connectivity index is 2.24. The molecule has 0 unspecified atom stereocenters. The molecular weight excluding hydrogens is 228 g/mol. The van der Waals surface area contributed by atoms with E-state index in [2.05, 4.69) is 54.7 Å². The van der Waals surface area contributed by atoms with Gasteiger partial charge in [-0.3, -0.25) is 0 Å². The zero-order chi connectivity index (χ0) is 12.3. The minimum atomic E-state index is 0.867. The fraction of sp³-hybridized carbons (Fsp3) is 0.357. The van der Waals surface area contributed by atoms with Crippen LogP contribution in [0.5, 0.6) is 0 Å². The summed E-state index contributed by atoms with van der Waals surface area (Å²) in [7, 11) is 0. The van der Waals surface area contributed by atoms with E-state index in [-0.39, 0.29) is 0 Å². The molecule has 1 N–H and O–H groups in total. The number of nitrogens with one attached hydrogen (secondary N) is 1. The highest BCUT2D eigenvalue weighted by atomic mass is 32.1. The summed E-state index contributed by atoms with van der Waals surface area (Å²) in [6.07, 6.45) is 0. The van der Waals surface area contributed by atoms with Crippen LogP contribution in [-0.2, 0) is 6.54 Å². The van der Waals surface area contributed by atoms with E-state index >= 15 is 0 Å². The second-order valence-corrected chi connectivity index (χ2v) is 5.23. The number of nitrogens with zero attached hydrogens (tertiary/aromatic N) is 1. The van der Waals surface area contributed by atoms with Gasteiger partial charge in [0.05, 0.1) is 5.69 Å². The van der Waals surface area contributed by atoms with E-state index < -0.39 is 0 Å². The molecule has 1 heterocycles. The van der Waals surface area contributed by atoms with Crippen LogP contribution in [-0.4, -0.2) is 11.5 Å². The first-order chi connectivity index (χ1) is 8.19. The lowest BCUT2D eigenvalue weighted by atomic mass is 10.1. The molecular formula is C14H18N2S. The van der Waals surface area contributed by atoms with Crippen molar-refractivity contribution in [3.05, 3.63) is 39.7 Å². The topological polar surface area (TPSA) is 24.9 Å². The molecule has 3 heteroatoms. The fourth-order valence-corrected chi connectivity index (χ4v) is 2.65. The first-order valence-corrected chi connectivity index (χ1v) is 6.81. The third-order valence-electron chi connectivity index (χ3n) is 2.60. The monoisotopic (exact) mass is 246 g/mol. The standard InChI is InChI=1S/C14H18N2S/c1-4-15-8-14-16-13(9-17-14)12-6-10(2)5-11(3)7-12/h5-7,9,15H,4,8H2,1-3H3. The predicted octanol–water partition coefficient (Wildman–Crippen LogP) is 3.54. The van der Waals surface area contributed by atoms with Crippen LogP contribution in [0.2, 0.25) is 0 Å². The molecule has 17 heavy (non-hydrogen) atoms. The summed E-state index contributed by atoms with van der Waals surface area (Å²) in [6.45, 7) is 8.22. The minimum absolute atomic E-state index is 0.867. The van der Waals surface area contributed by atoms with Gasteiger partial charge in [0, 0.05) is 17.5 Å². The molecule has 2 nitrogen and oxygen atoms in total. The smallest absolute Gasteiger partial charge is 0.107 e. The highest BCUT2D eigenvalue weighted by Gasteiger charge is 2.05. The van der Waals surface area contributed by atoms with Crippen LogP contribution in [0.1, 0.15) is 23.1 Å². The molecule has 0 radical (unpaired) electrons. The van der Waals surface area contributed by atoms with Gasteiger partial charge in [-0.05, 0) is 32.5 Å². The number of rotatable bonds is 4. The Bertz CT molecular complexity index is 482. The molecule has 1 aromatic heterocycles. The van der Waals surface area contributed by atoms with Crippen molar-refractivity contribution in [2.75, 3.05) is 6.54 Å². The van der Waals surface area contributed by atoms with Crippen LogP contribution in [0.25, 0.3) is 11.3 Å². The molecule has 0 bridgehead atoms. The molecule has 0 fully saturated rings. The van der Waals surface area contributed by atoms with Gasteiger partial charge in [0.15, 0.2) is 0 Å². The molecule has 0 amide bonds. The number of thiazole rings is 1. The van der Waals surface area contributed by atoms with Crippen molar-refractivity contribution < 1.29 is 0 Å². The van der Waals surface area contributed by atoms with Crippen LogP contribution in [0.15, 0.2) is 23.6 Å². The van der Waals surface area contributed by atoms with Crippen LogP contribution >= 0.6 is 11.3 Å². The van der Waals surface area contributed by atoms with Crippen LogP contribution < -0.4 is 5.32 Å². The van der Waals surface area contributed by atoms with Crippen molar-refractivity contribution in [3.63, 3.8) is 0 Å². The molecule has 0 saturated heterocycles. The maximum absolute atomic E-state index is 4.66. The summed E-state index contributed by atoms with van der Waals surface area (Å²) in [5, 5.41) is 6.59. The minimum Gasteiger partial charge on any atom is -0.311 e. The first kappa shape index (κ1) is 12.3. The lowest BCUT2D eigenvalue weighted by molar-refractivity contribution is 0.723. The average Bonchev–Trinajstić information content (AvgIpc) is 2.73. The number of aromatic nitrogens is 1. The fourth-order valence-electron chi connectivity index (χ4n) is 1.88. The molecule has 0 spiro atoms. The van der Waals surface area contributed by atoms with Gasteiger partial charge < -0.3 is 5.32 Å². The molecule has 0 saturated carbocycles. The Hall–Kier alpha value is -1.19. The molecule has 0 aliphatic heterocycles. The van der Waals surface area contributed by atoms with Crippen LogP contribution in [0.4, 0.5) is 0 Å². The second kappa shape index (κ2) is 5.43. The number of hydrogen-bond acceptors (Lipinski definition) is 3. The summed E-state index contributed by atoms with van der Waals surface area (Å²) >= 11 is 1.72. The Morgan fingerprint density at radius 2 is 1.88 bits per heavy atom. The maximum atomic E-state index is 4.66. The highest BCUT2D eigenvalue weighted by Crippen LogP contribution is 2.24. The Morgan fingerprint density at radius 3 is 2.53 bits per heavy atom. The molecule has 0 aliphatic carbocycles. The molecule has 1 aromatic carbocycles. The van der Waals surface area contributed by atoms with E-state index in [9.17, 15) is 0 Å². The molecule has 90 valence electrons. The van der Waals surface area contributed by atoms with Crippen molar-refractivity contribution in [1.29, 1.82) is 0 Å². The van der Waals surface area contributed by atoms with E-state index in [1.165, 1.54) is 16.7 Å². The van der Waals surface area contributed by atoms with Gasteiger partial charge in [-0.15, -0.1) is 11.3 Å². The molecule has 0 aliphatic rings. The zero-order valence-corrected chi connectivity index (χ0v) is 11.4. The summed E-state index contributed by atoms with van der Waals surface area (Å²) in [5.74, 6) is 0. The van der Waals surface area contributed by atoms with E-state index in [1.54, 1.807) is 11.3 Å². The van der Waals surface area contributed by atoms with Crippen LogP contribution in [0, 0.1) is 13.8 Å². The number of hydrogen-bond donors (Lipinski definition) is 1. The summed E-state index contributed by atoms with van der Waals surface area (Å²) in [6, 6.07) is 6.58. The zero-order valence-electron chi connectivity index (χ0n) is 10.6. The summed E-state index contributed by atoms with van der Waals surface area (Å²) in [4.78, 5) is 4.66. The highest BCUT2D eigenvalue weighted by molar-refractivity contribution is 7.09. The van der Waals surface area contributed by atoms with Crippen molar-refractivity contribution in [2.45, 2.75) is 27.3 Å². The Labute approximate surface area is 107 Å². The van der Waals surface area contributed by atoms with E-state index in [0.29, 0.717) is 0 Å². The van der Waals surface area contributed by atoms with Gasteiger partial charge in [-0.2, -0.15) is 0 Å². The van der Waals surface area contributed by atoms with E-state index in [1.807, 2.05) is 0 Å². The van der Waals surface area contributed by atoms with E-state index in [4.69, 9.17) is 0 Å². The molecule has 2 aromatic rings. The van der Waals surface area contributed by atoms with Gasteiger partial charge in [0.25, 0.3) is 0 Å². The molecule has 0 atom stereocenters. The largest absolute Gasteiger partial charge is 0.311 e. The van der Waals surface area contributed by atoms with E-state index in [0.717, 1.165) is 23.8 Å².